The summed E-state index contributed by atoms with van der Waals surface area (Å²) in [5.74, 6) is 0.387. The van der Waals surface area contributed by atoms with Gasteiger partial charge in [0.15, 0.2) is 0 Å². The van der Waals surface area contributed by atoms with Crippen molar-refractivity contribution in [2.24, 2.45) is 5.92 Å². The lowest BCUT2D eigenvalue weighted by atomic mass is 9.71. The van der Waals surface area contributed by atoms with E-state index in [0.717, 1.165) is 42.0 Å². The van der Waals surface area contributed by atoms with Crippen LogP contribution in [0.2, 0.25) is 0 Å². The molecule has 0 saturated carbocycles. The minimum absolute atomic E-state index is 0.123. The van der Waals surface area contributed by atoms with E-state index in [1.807, 2.05) is 31.2 Å². The average molecular weight is 566 g/mol. The van der Waals surface area contributed by atoms with Gasteiger partial charge < -0.3 is 9.84 Å². The van der Waals surface area contributed by atoms with Gasteiger partial charge in [-0.1, -0.05) is 43.3 Å². The number of likely N-dealkylation sites (tertiary alicyclic amines) is 1. The van der Waals surface area contributed by atoms with Crippen LogP contribution in [0.5, 0.6) is 5.75 Å². The number of hydrogen-bond donors (Lipinski definition) is 1. The third-order valence-electron chi connectivity index (χ3n) is 7.72. The van der Waals surface area contributed by atoms with Crippen LogP contribution in [0.4, 0.5) is 26.3 Å². The van der Waals surface area contributed by atoms with Crippen molar-refractivity contribution < 1.29 is 36.2 Å². The van der Waals surface area contributed by atoms with Gasteiger partial charge in [-0.3, -0.25) is 4.90 Å². The minimum atomic E-state index is -4.55. The Labute approximate surface area is 230 Å². The molecule has 1 aliphatic heterocycles. The number of aliphatic hydroxyl groups is 1. The van der Waals surface area contributed by atoms with Crippen molar-refractivity contribution in [3.05, 3.63) is 101 Å². The van der Waals surface area contributed by atoms with E-state index in [9.17, 15) is 31.4 Å². The molecule has 1 N–H and O–H groups in total. The number of alkyl halides is 6. The standard InChI is InChI=1S/C31H33F6NO2/c1-3-21(2)40-28-14-4-22(5-15-28)20-38-18-16-25(17-19-38)29(39,23-6-10-26(11-7-23)30(32,33)34)24-8-12-27(13-9-24)31(35,36)37/h4-15,21,25,39H,3,16-20H2,1-2H3. The second-order valence-electron chi connectivity index (χ2n) is 10.4. The molecule has 0 aromatic heterocycles. The van der Waals surface area contributed by atoms with Crippen molar-refractivity contribution in [3.8, 4) is 5.75 Å². The summed E-state index contributed by atoms with van der Waals surface area (Å²) < 4.78 is 84.9. The van der Waals surface area contributed by atoms with Crippen LogP contribution < -0.4 is 4.74 Å². The van der Waals surface area contributed by atoms with Gasteiger partial charge >= 0.3 is 12.4 Å². The lowest BCUT2D eigenvalue weighted by molar-refractivity contribution is -0.138. The molecular formula is C31H33F6NO2. The molecule has 216 valence electrons. The smallest absolute Gasteiger partial charge is 0.416 e. The molecule has 1 fully saturated rings. The van der Waals surface area contributed by atoms with Gasteiger partial charge in [0.05, 0.1) is 17.2 Å². The zero-order chi connectivity index (χ0) is 29.1. The van der Waals surface area contributed by atoms with Gasteiger partial charge in [0.2, 0.25) is 0 Å². The highest BCUT2D eigenvalue weighted by atomic mass is 19.4. The molecular weight excluding hydrogens is 532 g/mol. The van der Waals surface area contributed by atoms with Crippen molar-refractivity contribution in [1.29, 1.82) is 0 Å². The molecule has 1 saturated heterocycles. The molecule has 40 heavy (non-hydrogen) atoms. The van der Waals surface area contributed by atoms with Crippen LogP contribution in [0.3, 0.4) is 0 Å². The fraction of sp³-hybridized carbons (Fsp3) is 0.419. The average Bonchev–Trinajstić information content (AvgIpc) is 2.93. The van der Waals surface area contributed by atoms with Gasteiger partial charge in [-0.05, 0) is 98.3 Å². The third-order valence-corrected chi connectivity index (χ3v) is 7.72. The van der Waals surface area contributed by atoms with Crippen LogP contribution in [0.15, 0.2) is 72.8 Å². The SMILES string of the molecule is CCC(C)Oc1ccc(CN2CCC(C(O)(c3ccc(C(F)(F)F)cc3)c3ccc(C(F)(F)F)cc3)CC2)cc1. The first kappa shape index (κ1) is 29.9. The number of benzene rings is 3. The maximum Gasteiger partial charge on any atom is 0.416 e. The minimum Gasteiger partial charge on any atom is -0.491 e. The topological polar surface area (TPSA) is 32.7 Å². The Hall–Kier alpha value is -3.04. The summed E-state index contributed by atoms with van der Waals surface area (Å²) >= 11 is 0. The Morgan fingerprint density at radius 2 is 1.18 bits per heavy atom. The molecule has 4 rings (SSSR count). The molecule has 0 spiro atoms. The van der Waals surface area contributed by atoms with Crippen LogP contribution >= 0.6 is 0 Å². The van der Waals surface area contributed by atoms with Gasteiger partial charge in [-0.15, -0.1) is 0 Å². The predicted octanol–water partition coefficient (Wildman–Crippen LogP) is 8.05. The highest BCUT2D eigenvalue weighted by Crippen LogP contribution is 2.44. The highest BCUT2D eigenvalue weighted by molar-refractivity contribution is 5.40. The predicted molar refractivity (Wildman–Crippen MR) is 141 cm³/mol. The fourth-order valence-electron chi connectivity index (χ4n) is 5.22. The number of rotatable bonds is 8. The van der Waals surface area contributed by atoms with E-state index in [0.29, 0.717) is 32.5 Å². The van der Waals surface area contributed by atoms with E-state index < -0.39 is 35.0 Å². The Bertz CT molecular complexity index is 1170. The van der Waals surface area contributed by atoms with Gasteiger partial charge in [-0.2, -0.15) is 26.3 Å². The molecule has 0 radical (unpaired) electrons. The van der Waals surface area contributed by atoms with Crippen molar-refractivity contribution >= 4 is 0 Å². The van der Waals surface area contributed by atoms with Crippen molar-refractivity contribution in [2.45, 2.75) is 63.7 Å². The van der Waals surface area contributed by atoms with E-state index in [-0.39, 0.29) is 17.2 Å². The van der Waals surface area contributed by atoms with Crippen molar-refractivity contribution in [3.63, 3.8) is 0 Å². The highest BCUT2D eigenvalue weighted by Gasteiger charge is 2.43. The Balaban J connectivity index is 1.53. The molecule has 1 heterocycles. The summed E-state index contributed by atoms with van der Waals surface area (Å²) in [5, 5.41) is 12.1. The first-order valence-corrected chi connectivity index (χ1v) is 13.4. The number of piperidine rings is 1. The molecule has 0 amide bonds. The van der Waals surface area contributed by atoms with E-state index in [1.54, 1.807) is 0 Å². The maximum absolute atomic E-state index is 13.2. The fourth-order valence-corrected chi connectivity index (χ4v) is 5.22. The molecule has 1 atom stereocenters. The van der Waals surface area contributed by atoms with Gasteiger partial charge in [0.25, 0.3) is 0 Å². The number of ether oxygens (including phenoxy) is 1. The van der Waals surface area contributed by atoms with Crippen molar-refractivity contribution in [1.82, 2.24) is 4.90 Å². The summed E-state index contributed by atoms with van der Waals surface area (Å²) in [6.45, 7) is 5.96. The van der Waals surface area contributed by atoms with Gasteiger partial charge in [0, 0.05) is 6.54 Å². The Morgan fingerprint density at radius 1 is 0.750 bits per heavy atom. The molecule has 3 aromatic rings. The van der Waals surface area contributed by atoms with Gasteiger partial charge in [0.1, 0.15) is 11.4 Å². The van der Waals surface area contributed by atoms with E-state index >= 15 is 0 Å². The first-order valence-electron chi connectivity index (χ1n) is 13.4. The molecule has 1 aliphatic rings. The van der Waals surface area contributed by atoms with Crippen LogP contribution in [-0.2, 0) is 24.5 Å². The zero-order valence-corrected chi connectivity index (χ0v) is 22.4. The summed E-state index contributed by atoms with van der Waals surface area (Å²) in [7, 11) is 0. The molecule has 1 unspecified atom stereocenters. The molecule has 3 nitrogen and oxygen atoms in total. The quantitative estimate of drug-likeness (QED) is 0.281. The first-order chi connectivity index (χ1) is 18.8. The van der Waals surface area contributed by atoms with E-state index in [2.05, 4.69) is 11.8 Å². The molecule has 0 bridgehead atoms. The van der Waals surface area contributed by atoms with E-state index in [1.165, 1.54) is 24.3 Å². The summed E-state index contributed by atoms with van der Waals surface area (Å²) in [5.41, 5.74) is -1.94. The van der Waals surface area contributed by atoms with E-state index in [4.69, 9.17) is 4.74 Å². The molecule has 0 aliphatic carbocycles. The normalized spacial score (nSPS) is 16.6. The Morgan fingerprint density at radius 3 is 1.57 bits per heavy atom. The largest absolute Gasteiger partial charge is 0.491 e. The molecule has 3 aromatic carbocycles. The maximum atomic E-state index is 13.2. The lowest BCUT2D eigenvalue weighted by Gasteiger charge is -2.42. The second kappa shape index (κ2) is 11.8. The number of nitrogens with zero attached hydrogens (tertiary/aromatic N) is 1. The monoisotopic (exact) mass is 565 g/mol. The zero-order valence-electron chi connectivity index (χ0n) is 22.4. The summed E-state index contributed by atoms with van der Waals surface area (Å²) in [6.07, 6.45) is -7.05. The van der Waals surface area contributed by atoms with Crippen LogP contribution in [0.1, 0.15) is 60.9 Å². The third kappa shape index (κ3) is 6.81. The second-order valence-corrected chi connectivity index (χ2v) is 10.4. The number of hydrogen-bond acceptors (Lipinski definition) is 3. The van der Waals surface area contributed by atoms with Crippen LogP contribution in [0.25, 0.3) is 0 Å². The van der Waals surface area contributed by atoms with Crippen LogP contribution in [-0.4, -0.2) is 29.2 Å². The van der Waals surface area contributed by atoms with Gasteiger partial charge in [-0.25, -0.2) is 0 Å². The van der Waals surface area contributed by atoms with Crippen LogP contribution in [0, 0.1) is 5.92 Å². The summed E-state index contributed by atoms with van der Waals surface area (Å²) in [6, 6.07) is 16.3. The Kier molecular flexibility index (Phi) is 8.85. The van der Waals surface area contributed by atoms with Crippen molar-refractivity contribution in [2.75, 3.05) is 13.1 Å². The lowest BCUT2D eigenvalue weighted by Crippen LogP contribution is -2.44. The summed E-state index contributed by atoms with van der Waals surface area (Å²) in [4.78, 5) is 2.22. The number of halogens is 6. The molecule has 9 heteroatoms.